The summed E-state index contributed by atoms with van der Waals surface area (Å²) < 4.78 is 23.9. The Morgan fingerprint density at radius 3 is 2.74 bits per heavy atom. The summed E-state index contributed by atoms with van der Waals surface area (Å²) in [5.41, 5.74) is 1.09. The number of aliphatic imine (C=N–C) groups is 1. The maximum Gasteiger partial charge on any atom is 0.248 e. The van der Waals surface area contributed by atoms with E-state index in [-0.39, 0.29) is 28.7 Å². The molecule has 0 unspecified atom stereocenters. The fraction of sp³-hybridized carbons (Fsp3) is 0.500. The number of amides is 1. The third-order valence-electron chi connectivity index (χ3n) is 4.05. The minimum atomic E-state index is -3.00. The van der Waals surface area contributed by atoms with E-state index in [1.54, 1.807) is 0 Å². The lowest BCUT2D eigenvalue weighted by Gasteiger charge is -2.24. The van der Waals surface area contributed by atoms with Crippen LogP contribution < -0.4 is 0 Å². The Bertz CT molecular complexity index is 716. The highest BCUT2D eigenvalue weighted by molar-refractivity contribution is 8.15. The highest BCUT2D eigenvalue weighted by Gasteiger charge is 2.48. The molecule has 3 rings (SSSR count). The largest absolute Gasteiger partial charge is 0.342 e. The van der Waals surface area contributed by atoms with Gasteiger partial charge in [-0.05, 0) is 12.0 Å². The van der Waals surface area contributed by atoms with Crippen LogP contribution in [-0.2, 0) is 21.2 Å². The number of thioether (sulfide) groups is 1. The molecule has 2 fully saturated rings. The zero-order chi connectivity index (χ0) is 16.4. The SMILES string of the molecule is CCCC(=O)N=C1S[C@@H]2CS(=O)(=O)C[C@@H]2N1Cc1ccccc1. The molecule has 0 saturated carbocycles. The molecule has 124 valence electrons. The predicted octanol–water partition coefficient (Wildman–Crippen LogP) is 2.08. The van der Waals surface area contributed by atoms with Crippen molar-refractivity contribution < 1.29 is 13.2 Å². The number of nitrogens with zero attached hydrogens (tertiary/aromatic N) is 2. The molecule has 0 aliphatic carbocycles. The fourth-order valence-electron chi connectivity index (χ4n) is 2.98. The van der Waals surface area contributed by atoms with Gasteiger partial charge in [-0.15, -0.1) is 0 Å². The number of hydrogen-bond donors (Lipinski definition) is 0. The first-order chi connectivity index (χ1) is 11.0. The Balaban J connectivity index is 1.86. The van der Waals surface area contributed by atoms with Crippen molar-refractivity contribution in [1.82, 2.24) is 4.90 Å². The second kappa shape index (κ2) is 6.65. The molecule has 0 bridgehead atoms. The average molecular weight is 352 g/mol. The standard InChI is InChI=1S/C16H20N2O3S2/c1-2-6-15(19)17-16-18(9-12-7-4-3-5-8-12)13-10-23(20,21)11-14(13)22-16/h3-5,7-8,13-14H,2,6,9-11H2,1H3/t13-,14+/m0/s1. The molecular weight excluding hydrogens is 332 g/mol. The molecule has 0 aromatic heterocycles. The molecule has 2 aliphatic heterocycles. The summed E-state index contributed by atoms with van der Waals surface area (Å²) in [6.45, 7) is 2.53. The molecule has 7 heteroatoms. The van der Waals surface area contributed by atoms with Crippen LogP contribution in [0.4, 0.5) is 0 Å². The van der Waals surface area contributed by atoms with Gasteiger partial charge in [0.05, 0.1) is 17.5 Å². The Hall–Kier alpha value is -1.34. The van der Waals surface area contributed by atoms with E-state index < -0.39 is 9.84 Å². The van der Waals surface area contributed by atoms with Gasteiger partial charge in [-0.3, -0.25) is 4.79 Å². The highest BCUT2D eigenvalue weighted by Crippen LogP contribution is 2.39. The molecule has 0 spiro atoms. The minimum absolute atomic E-state index is 0.0168. The van der Waals surface area contributed by atoms with Crippen LogP contribution in [0.5, 0.6) is 0 Å². The minimum Gasteiger partial charge on any atom is -0.342 e. The number of carbonyl (C=O) groups is 1. The van der Waals surface area contributed by atoms with Crippen molar-refractivity contribution in [3.8, 4) is 0 Å². The first-order valence-corrected chi connectivity index (χ1v) is 10.5. The lowest BCUT2D eigenvalue weighted by atomic mass is 10.1. The Kier molecular flexibility index (Phi) is 4.77. The Morgan fingerprint density at radius 2 is 2.04 bits per heavy atom. The Labute approximate surface area is 141 Å². The number of benzene rings is 1. The van der Waals surface area contributed by atoms with Crippen LogP contribution in [0.15, 0.2) is 35.3 Å². The van der Waals surface area contributed by atoms with Gasteiger partial charge in [-0.25, -0.2) is 8.42 Å². The average Bonchev–Trinajstić information content (AvgIpc) is 2.94. The normalized spacial score (nSPS) is 27.3. The number of carbonyl (C=O) groups excluding carboxylic acids is 1. The van der Waals surface area contributed by atoms with Crippen LogP contribution in [-0.4, -0.2) is 47.2 Å². The maximum atomic E-state index is 11.9. The van der Waals surface area contributed by atoms with Gasteiger partial charge < -0.3 is 4.90 Å². The number of amidine groups is 1. The van der Waals surface area contributed by atoms with Crippen LogP contribution in [0.3, 0.4) is 0 Å². The number of sulfone groups is 1. The molecule has 1 amide bonds. The van der Waals surface area contributed by atoms with E-state index >= 15 is 0 Å². The van der Waals surface area contributed by atoms with Gasteiger partial charge >= 0.3 is 0 Å². The van der Waals surface area contributed by atoms with Crippen molar-refractivity contribution in [3.05, 3.63) is 35.9 Å². The highest BCUT2D eigenvalue weighted by atomic mass is 32.2. The molecular formula is C16H20N2O3S2. The van der Waals surface area contributed by atoms with Gasteiger partial charge in [-0.1, -0.05) is 49.0 Å². The zero-order valence-electron chi connectivity index (χ0n) is 13.0. The second-order valence-electron chi connectivity index (χ2n) is 5.95. The van der Waals surface area contributed by atoms with Gasteiger partial charge in [-0.2, -0.15) is 4.99 Å². The maximum absolute atomic E-state index is 11.9. The molecule has 1 aromatic carbocycles. The van der Waals surface area contributed by atoms with E-state index in [4.69, 9.17) is 0 Å². The summed E-state index contributed by atoms with van der Waals surface area (Å²) >= 11 is 1.44. The Morgan fingerprint density at radius 1 is 1.30 bits per heavy atom. The third-order valence-corrected chi connectivity index (χ3v) is 7.30. The van der Waals surface area contributed by atoms with E-state index in [0.717, 1.165) is 12.0 Å². The summed E-state index contributed by atoms with van der Waals surface area (Å²) in [5, 5.41) is 0.661. The molecule has 2 atom stereocenters. The molecule has 0 N–H and O–H groups in total. The van der Waals surface area contributed by atoms with Crippen molar-refractivity contribution in [2.45, 2.75) is 37.6 Å². The zero-order valence-corrected chi connectivity index (χ0v) is 14.6. The van der Waals surface area contributed by atoms with Gasteiger partial charge in [0.25, 0.3) is 0 Å². The van der Waals surface area contributed by atoms with Crippen molar-refractivity contribution in [1.29, 1.82) is 0 Å². The van der Waals surface area contributed by atoms with E-state index in [9.17, 15) is 13.2 Å². The molecule has 23 heavy (non-hydrogen) atoms. The van der Waals surface area contributed by atoms with Crippen molar-refractivity contribution >= 4 is 32.7 Å². The molecule has 2 heterocycles. The van der Waals surface area contributed by atoms with E-state index in [0.29, 0.717) is 18.1 Å². The van der Waals surface area contributed by atoms with Gasteiger partial charge in [0, 0.05) is 18.2 Å². The van der Waals surface area contributed by atoms with E-state index in [2.05, 4.69) is 4.99 Å². The molecule has 5 nitrogen and oxygen atoms in total. The summed E-state index contributed by atoms with van der Waals surface area (Å²) in [7, 11) is -3.00. The first-order valence-electron chi connectivity index (χ1n) is 7.77. The van der Waals surface area contributed by atoms with E-state index in [1.807, 2.05) is 42.2 Å². The topological polar surface area (TPSA) is 66.8 Å². The predicted molar refractivity (Wildman–Crippen MR) is 93.2 cm³/mol. The smallest absolute Gasteiger partial charge is 0.248 e. The fourth-order valence-corrected chi connectivity index (χ4v) is 6.95. The number of hydrogen-bond acceptors (Lipinski definition) is 4. The summed E-state index contributed by atoms with van der Waals surface area (Å²) in [6.07, 6.45) is 1.19. The van der Waals surface area contributed by atoms with Crippen LogP contribution >= 0.6 is 11.8 Å². The van der Waals surface area contributed by atoms with Gasteiger partial charge in [0.1, 0.15) is 0 Å². The number of rotatable bonds is 4. The first kappa shape index (κ1) is 16.5. The summed E-state index contributed by atoms with van der Waals surface area (Å²) in [6, 6.07) is 9.80. The lowest BCUT2D eigenvalue weighted by Crippen LogP contribution is -2.37. The summed E-state index contributed by atoms with van der Waals surface area (Å²) in [4.78, 5) is 18.1. The molecule has 2 aliphatic rings. The monoisotopic (exact) mass is 352 g/mol. The second-order valence-corrected chi connectivity index (χ2v) is 9.31. The van der Waals surface area contributed by atoms with E-state index in [1.165, 1.54) is 11.8 Å². The summed E-state index contributed by atoms with van der Waals surface area (Å²) in [5.74, 6) is 0.198. The number of fused-ring (bicyclic) bond motifs is 1. The van der Waals surface area contributed by atoms with Crippen molar-refractivity contribution in [3.63, 3.8) is 0 Å². The van der Waals surface area contributed by atoms with Crippen LogP contribution in [0.1, 0.15) is 25.3 Å². The van der Waals surface area contributed by atoms with Crippen LogP contribution in [0.25, 0.3) is 0 Å². The van der Waals surface area contributed by atoms with Gasteiger partial charge in [0.15, 0.2) is 15.0 Å². The van der Waals surface area contributed by atoms with Crippen molar-refractivity contribution in [2.24, 2.45) is 4.99 Å². The van der Waals surface area contributed by atoms with Crippen LogP contribution in [0, 0.1) is 0 Å². The van der Waals surface area contributed by atoms with Gasteiger partial charge in [0.2, 0.25) is 5.91 Å². The third kappa shape index (κ3) is 3.77. The van der Waals surface area contributed by atoms with Crippen molar-refractivity contribution in [2.75, 3.05) is 11.5 Å². The molecule has 2 saturated heterocycles. The quantitative estimate of drug-likeness (QED) is 0.830. The van der Waals surface area contributed by atoms with Crippen LogP contribution in [0.2, 0.25) is 0 Å². The lowest BCUT2D eigenvalue weighted by molar-refractivity contribution is -0.117. The molecule has 1 aromatic rings. The molecule has 0 radical (unpaired) electrons.